The van der Waals surface area contributed by atoms with Crippen LogP contribution in [0.4, 0.5) is 22.7 Å². The lowest BCUT2D eigenvalue weighted by Gasteiger charge is -2.16. The van der Waals surface area contributed by atoms with E-state index in [0.29, 0.717) is 33.9 Å². The zero-order chi connectivity index (χ0) is 21.5. The smallest absolute Gasteiger partial charge is 0.255 e. The van der Waals surface area contributed by atoms with Gasteiger partial charge in [0, 0.05) is 11.1 Å². The molecular formula is C26H21N3O2. The van der Waals surface area contributed by atoms with Crippen molar-refractivity contribution in [3.05, 3.63) is 120 Å². The Morgan fingerprint density at radius 3 is 1.13 bits per heavy atom. The van der Waals surface area contributed by atoms with Crippen molar-refractivity contribution in [1.29, 1.82) is 0 Å². The van der Waals surface area contributed by atoms with Gasteiger partial charge >= 0.3 is 0 Å². The number of carbonyl (C=O) groups excluding carboxylic acids is 2. The summed E-state index contributed by atoms with van der Waals surface area (Å²) < 4.78 is 0. The number of rotatable bonds is 6. The average molecular weight is 407 g/mol. The second-order valence-corrected chi connectivity index (χ2v) is 6.86. The highest BCUT2D eigenvalue weighted by Gasteiger charge is 2.12. The minimum Gasteiger partial charge on any atom is -0.352 e. The summed E-state index contributed by atoms with van der Waals surface area (Å²) in [5.74, 6) is -0.388. The third-order valence-electron chi connectivity index (χ3n) is 4.69. The zero-order valence-corrected chi connectivity index (χ0v) is 16.7. The van der Waals surface area contributed by atoms with Gasteiger partial charge in [0.15, 0.2) is 0 Å². The van der Waals surface area contributed by atoms with Gasteiger partial charge in [0.1, 0.15) is 0 Å². The van der Waals surface area contributed by atoms with E-state index in [1.54, 1.807) is 24.3 Å². The number of benzene rings is 4. The maximum atomic E-state index is 12.6. The number of hydrogen-bond donors (Lipinski definition) is 3. The van der Waals surface area contributed by atoms with E-state index in [1.807, 2.05) is 84.9 Å². The molecule has 0 atom stereocenters. The number of para-hydroxylation sites is 4. The van der Waals surface area contributed by atoms with Crippen molar-refractivity contribution in [3.63, 3.8) is 0 Å². The Labute approximate surface area is 180 Å². The van der Waals surface area contributed by atoms with Gasteiger partial charge in [-0.1, -0.05) is 60.7 Å². The number of hydrogen-bond acceptors (Lipinski definition) is 3. The van der Waals surface area contributed by atoms with Crippen molar-refractivity contribution >= 4 is 34.6 Å². The van der Waals surface area contributed by atoms with E-state index in [1.165, 1.54) is 0 Å². The second-order valence-electron chi connectivity index (χ2n) is 6.86. The molecular weight excluding hydrogens is 386 g/mol. The first-order chi connectivity index (χ1) is 15.2. The van der Waals surface area contributed by atoms with Crippen molar-refractivity contribution in [2.24, 2.45) is 0 Å². The quantitative estimate of drug-likeness (QED) is 0.371. The summed E-state index contributed by atoms with van der Waals surface area (Å²) in [5.41, 5.74) is 3.86. The number of anilines is 4. The fraction of sp³-hybridized carbons (Fsp3) is 0. The minimum atomic E-state index is -0.194. The molecule has 4 rings (SSSR count). The molecule has 0 unspecified atom stereocenters. The largest absolute Gasteiger partial charge is 0.352 e. The van der Waals surface area contributed by atoms with Gasteiger partial charge < -0.3 is 16.0 Å². The Morgan fingerprint density at radius 1 is 0.419 bits per heavy atom. The standard InChI is InChI=1S/C26H21N3O2/c30-25(19-11-3-1-4-12-19)28-23-17-9-7-15-21(23)27-22-16-8-10-18-24(22)29-26(31)20-13-5-2-6-14-20/h1-18,27H,(H,28,30)(H,29,31). The van der Waals surface area contributed by atoms with Crippen LogP contribution >= 0.6 is 0 Å². The molecule has 0 heterocycles. The summed E-state index contributed by atoms with van der Waals surface area (Å²) >= 11 is 0. The second kappa shape index (κ2) is 9.41. The first-order valence-corrected chi connectivity index (χ1v) is 9.88. The summed E-state index contributed by atoms with van der Waals surface area (Å²) in [6, 6.07) is 33.0. The first kappa shape index (κ1) is 19.9. The van der Waals surface area contributed by atoms with Gasteiger partial charge in [-0.2, -0.15) is 0 Å². The molecule has 31 heavy (non-hydrogen) atoms. The maximum Gasteiger partial charge on any atom is 0.255 e. The number of amides is 2. The predicted molar refractivity (Wildman–Crippen MR) is 125 cm³/mol. The Balaban J connectivity index is 1.55. The summed E-state index contributed by atoms with van der Waals surface area (Å²) in [4.78, 5) is 25.2. The van der Waals surface area contributed by atoms with Crippen LogP contribution < -0.4 is 16.0 Å². The van der Waals surface area contributed by atoms with Gasteiger partial charge in [0.25, 0.3) is 11.8 Å². The molecule has 5 heteroatoms. The molecule has 0 bridgehead atoms. The fourth-order valence-corrected chi connectivity index (χ4v) is 3.12. The van der Waals surface area contributed by atoms with Crippen LogP contribution in [-0.4, -0.2) is 11.8 Å². The SMILES string of the molecule is O=C(Nc1ccccc1Nc1ccccc1NC(=O)c1ccccc1)c1ccccc1. The van der Waals surface area contributed by atoms with Crippen LogP contribution in [0.1, 0.15) is 20.7 Å². The van der Waals surface area contributed by atoms with Gasteiger partial charge in [0.05, 0.1) is 22.7 Å². The van der Waals surface area contributed by atoms with Gasteiger partial charge in [-0.05, 0) is 48.5 Å². The summed E-state index contributed by atoms with van der Waals surface area (Å²) in [7, 11) is 0. The number of carbonyl (C=O) groups is 2. The molecule has 5 nitrogen and oxygen atoms in total. The molecule has 0 aliphatic rings. The molecule has 152 valence electrons. The topological polar surface area (TPSA) is 70.2 Å². The Morgan fingerprint density at radius 2 is 0.742 bits per heavy atom. The first-order valence-electron chi connectivity index (χ1n) is 9.88. The summed E-state index contributed by atoms with van der Waals surface area (Å²) in [5, 5.41) is 9.21. The third kappa shape index (κ3) is 4.97. The molecule has 0 saturated carbocycles. The van der Waals surface area contributed by atoms with E-state index in [0.717, 1.165) is 0 Å². The van der Waals surface area contributed by atoms with Gasteiger partial charge in [-0.15, -0.1) is 0 Å². The van der Waals surface area contributed by atoms with Gasteiger partial charge in [0.2, 0.25) is 0 Å². The zero-order valence-electron chi connectivity index (χ0n) is 16.7. The Kier molecular flexibility index (Phi) is 6.05. The van der Waals surface area contributed by atoms with E-state index in [4.69, 9.17) is 0 Å². The van der Waals surface area contributed by atoms with Crippen molar-refractivity contribution in [2.75, 3.05) is 16.0 Å². The molecule has 0 radical (unpaired) electrons. The monoisotopic (exact) mass is 407 g/mol. The van der Waals surface area contributed by atoms with E-state index in [-0.39, 0.29) is 11.8 Å². The van der Waals surface area contributed by atoms with E-state index in [2.05, 4.69) is 16.0 Å². The van der Waals surface area contributed by atoms with Gasteiger partial charge in [-0.25, -0.2) is 0 Å². The lowest BCUT2D eigenvalue weighted by molar-refractivity contribution is 0.101. The van der Waals surface area contributed by atoms with Crippen LogP contribution in [0.2, 0.25) is 0 Å². The van der Waals surface area contributed by atoms with E-state index >= 15 is 0 Å². The molecule has 0 saturated heterocycles. The highest BCUT2D eigenvalue weighted by Crippen LogP contribution is 2.30. The van der Waals surface area contributed by atoms with Gasteiger partial charge in [-0.3, -0.25) is 9.59 Å². The Bertz CT molecular complexity index is 1100. The normalized spacial score (nSPS) is 10.2. The van der Waals surface area contributed by atoms with Crippen LogP contribution in [0.3, 0.4) is 0 Å². The average Bonchev–Trinajstić information content (AvgIpc) is 2.82. The van der Waals surface area contributed by atoms with Crippen LogP contribution in [0.25, 0.3) is 0 Å². The van der Waals surface area contributed by atoms with Crippen LogP contribution in [-0.2, 0) is 0 Å². The lowest BCUT2D eigenvalue weighted by atomic mass is 10.2. The molecule has 4 aromatic carbocycles. The lowest BCUT2D eigenvalue weighted by Crippen LogP contribution is -2.14. The molecule has 0 fully saturated rings. The van der Waals surface area contributed by atoms with Crippen molar-refractivity contribution < 1.29 is 9.59 Å². The minimum absolute atomic E-state index is 0.194. The summed E-state index contributed by atoms with van der Waals surface area (Å²) in [6.45, 7) is 0. The van der Waals surface area contributed by atoms with Crippen molar-refractivity contribution in [2.45, 2.75) is 0 Å². The molecule has 4 aromatic rings. The van der Waals surface area contributed by atoms with Crippen LogP contribution in [0.15, 0.2) is 109 Å². The fourth-order valence-electron chi connectivity index (χ4n) is 3.12. The molecule has 3 N–H and O–H groups in total. The molecule has 0 aliphatic carbocycles. The van der Waals surface area contributed by atoms with Crippen LogP contribution in [0.5, 0.6) is 0 Å². The number of nitrogens with one attached hydrogen (secondary N) is 3. The highest BCUT2D eigenvalue weighted by atomic mass is 16.2. The third-order valence-corrected chi connectivity index (χ3v) is 4.69. The van der Waals surface area contributed by atoms with E-state index < -0.39 is 0 Å². The molecule has 0 aliphatic heterocycles. The van der Waals surface area contributed by atoms with Crippen molar-refractivity contribution in [3.8, 4) is 0 Å². The highest BCUT2D eigenvalue weighted by molar-refractivity contribution is 6.07. The maximum absolute atomic E-state index is 12.6. The summed E-state index contributed by atoms with van der Waals surface area (Å²) in [6.07, 6.45) is 0. The molecule has 0 aromatic heterocycles. The Hall–Kier alpha value is -4.38. The van der Waals surface area contributed by atoms with Crippen LogP contribution in [0, 0.1) is 0 Å². The molecule has 2 amide bonds. The van der Waals surface area contributed by atoms with Crippen molar-refractivity contribution in [1.82, 2.24) is 0 Å². The van der Waals surface area contributed by atoms with E-state index in [9.17, 15) is 9.59 Å². The predicted octanol–water partition coefficient (Wildman–Crippen LogP) is 5.93. The molecule has 0 spiro atoms.